The number of carboxylic acids is 1. The third-order valence-electron chi connectivity index (χ3n) is 4.31. The quantitative estimate of drug-likeness (QED) is 0.930. The van der Waals surface area contributed by atoms with E-state index in [9.17, 15) is 9.59 Å². The summed E-state index contributed by atoms with van der Waals surface area (Å²) in [5.41, 5.74) is 2.51. The van der Waals surface area contributed by atoms with Crippen molar-refractivity contribution >= 4 is 11.9 Å². The highest BCUT2D eigenvalue weighted by molar-refractivity contribution is 5.84. The van der Waals surface area contributed by atoms with Crippen molar-refractivity contribution in [1.82, 2.24) is 4.90 Å². The van der Waals surface area contributed by atoms with Crippen LogP contribution in [0.4, 0.5) is 0 Å². The number of hydrogen-bond donors (Lipinski definition) is 1. The maximum absolute atomic E-state index is 12.2. The molecular formula is C18H25NO3. The molecule has 1 amide bonds. The van der Waals surface area contributed by atoms with E-state index < -0.39 is 12.0 Å². The molecule has 0 aromatic heterocycles. The van der Waals surface area contributed by atoms with Gasteiger partial charge in [0.2, 0.25) is 5.91 Å². The molecule has 22 heavy (non-hydrogen) atoms. The molecule has 1 N–H and O–H groups in total. The van der Waals surface area contributed by atoms with E-state index in [-0.39, 0.29) is 11.3 Å². The average molecular weight is 303 g/mol. The van der Waals surface area contributed by atoms with Crippen LogP contribution in [0.3, 0.4) is 0 Å². The summed E-state index contributed by atoms with van der Waals surface area (Å²) in [4.78, 5) is 24.9. The van der Waals surface area contributed by atoms with E-state index >= 15 is 0 Å². The van der Waals surface area contributed by atoms with Gasteiger partial charge in [0.15, 0.2) is 0 Å². The van der Waals surface area contributed by atoms with Crippen LogP contribution >= 0.6 is 0 Å². The number of rotatable bonds is 4. The Balaban J connectivity index is 1.92. The molecule has 1 heterocycles. The van der Waals surface area contributed by atoms with Crippen LogP contribution < -0.4 is 0 Å². The summed E-state index contributed by atoms with van der Waals surface area (Å²) < 4.78 is 0. The Morgan fingerprint density at radius 1 is 1.23 bits per heavy atom. The lowest BCUT2D eigenvalue weighted by molar-refractivity contribution is -0.148. The van der Waals surface area contributed by atoms with Gasteiger partial charge >= 0.3 is 5.97 Å². The van der Waals surface area contributed by atoms with Gasteiger partial charge in [0.05, 0.1) is 0 Å². The maximum Gasteiger partial charge on any atom is 0.326 e. The van der Waals surface area contributed by atoms with Gasteiger partial charge in [-0.1, -0.05) is 45.0 Å². The maximum atomic E-state index is 12.2. The van der Waals surface area contributed by atoms with Gasteiger partial charge in [0.1, 0.15) is 6.04 Å². The molecule has 1 unspecified atom stereocenters. The highest BCUT2D eigenvalue weighted by atomic mass is 16.4. The second-order valence-electron chi connectivity index (χ2n) is 7.03. The molecule has 0 radical (unpaired) electrons. The summed E-state index contributed by atoms with van der Waals surface area (Å²) in [5.74, 6) is -0.940. The fraction of sp³-hybridized carbons (Fsp3) is 0.556. The fourth-order valence-corrected chi connectivity index (χ4v) is 2.89. The monoisotopic (exact) mass is 303 g/mol. The number of hydrogen-bond acceptors (Lipinski definition) is 2. The molecule has 2 rings (SSSR count). The number of carbonyl (C=O) groups excluding carboxylic acids is 1. The van der Waals surface area contributed by atoms with Crippen molar-refractivity contribution < 1.29 is 14.7 Å². The van der Waals surface area contributed by atoms with Crippen molar-refractivity contribution in [3.8, 4) is 0 Å². The Hall–Kier alpha value is -1.84. The van der Waals surface area contributed by atoms with Gasteiger partial charge in [-0.05, 0) is 35.8 Å². The standard InChI is InChI=1S/C18H25NO3/c1-18(2,3)14-9-6-13(7-10-14)8-11-16(20)19-12-4-5-15(19)17(21)22/h6-7,9-10,15H,4-5,8,11-12H2,1-3H3,(H,21,22). The summed E-state index contributed by atoms with van der Waals surface area (Å²) in [6.07, 6.45) is 2.38. The van der Waals surface area contributed by atoms with Gasteiger partial charge in [-0.2, -0.15) is 0 Å². The zero-order valence-electron chi connectivity index (χ0n) is 13.6. The minimum absolute atomic E-state index is 0.0511. The van der Waals surface area contributed by atoms with Gasteiger partial charge < -0.3 is 10.0 Å². The van der Waals surface area contributed by atoms with Gasteiger partial charge in [0.25, 0.3) is 0 Å². The van der Waals surface area contributed by atoms with Crippen molar-refractivity contribution in [2.75, 3.05) is 6.54 Å². The highest BCUT2D eigenvalue weighted by Crippen LogP contribution is 2.23. The number of likely N-dealkylation sites (tertiary alicyclic amines) is 1. The van der Waals surface area contributed by atoms with Crippen LogP contribution in [0.25, 0.3) is 0 Å². The lowest BCUT2D eigenvalue weighted by Gasteiger charge is -2.21. The molecule has 4 nitrogen and oxygen atoms in total. The molecular weight excluding hydrogens is 278 g/mol. The summed E-state index contributed by atoms with van der Waals surface area (Å²) in [6, 6.07) is 7.71. The molecule has 1 aromatic rings. The van der Waals surface area contributed by atoms with Crippen LogP contribution in [0.2, 0.25) is 0 Å². The smallest absolute Gasteiger partial charge is 0.326 e. The third-order valence-corrected chi connectivity index (χ3v) is 4.31. The molecule has 1 aliphatic heterocycles. The number of nitrogens with zero attached hydrogens (tertiary/aromatic N) is 1. The number of amides is 1. The lowest BCUT2D eigenvalue weighted by atomic mass is 9.86. The minimum Gasteiger partial charge on any atom is -0.480 e. The van der Waals surface area contributed by atoms with Crippen LogP contribution in [-0.4, -0.2) is 34.5 Å². The Bertz CT molecular complexity index is 542. The van der Waals surface area contributed by atoms with Gasteiger partial charge in [-0.25, -0.2) is 4.79 Å². The van der Waals surface area contributed by atoms with E-state index in [1.807, 2.05) is 0 Å². The normalized spacial score (nSPS) is 18.5. The molecule has 0 aliphatic carbocycles. The molecule has 1 aliphatic rings. The van der Waals surface area contributed by atoms with Crippen LogP contribution in [-0.2, 0) is 21.4 Å². The topological polar surface area (TPSA) is 57.6 Å². The molecule has 1 saturated heterocycles. The summed E-state index contributed by atoms with van der Waals surface area (Å²) in [7, 11) is 0. The van der Waals surface area contributed by atoms with E-state index in [1.54, 1.807) is 0 Å². The van der Waals surface area contributed by atoms with E-state index in [0.717, 1.165) is 12.0 Å². The number of aliphatic carboxylic acids is 1. The number of carboxylic acid groups (broad SMARTS) is 1. The van der Waals surface area contributed by atoms with Crippen LogP contribution in [0, 0.1) is 0 Å². The van der Waals surface area contributed by atoms with Crippen molar-refractivity contribution in [2.24, 2.45) is 0 Å². The van der Waals surface area contributed by atoms with Gasteiger partial charge in [0, 0.05) is 13.0 Å². The molecule has 4 heteroatoms. The van der Waals surface area contributed by atoms with Crippen molar-refractivity contribution in [2.45, 2.75) is 57.9 Å². The predicted octanol–water partition coefficient (Wildman–Crippen LogP) is 2.99. The highest BCUT2D eigenvalue weighted by Gasteiger charge is 2.33. The van der Waals surface area contributed by atoms with Gasteiger partial charge in [-0.15, -0.1) is 0 Å². The summed E-state index contributed by atoms with van der Waals surface area (Å²) in [5, 5.41) is 9.13. The average Bonchev–Trinajstić information content (AvgIpc) is 2.94. The first-order valence-electron chi connectivity index (χ1n) is 7.91. The molecule has 1 atom stereocenters. The molecule has 0 saturated carbocycles. The zero-order valence-corrected chi connectivity index (χ0v) is 13.6. The first kappa shape index (κ1) is 16.5. The van der Waals surface area contributed by atoms with Crippen molar-refractivity contribution in [1.29, 1.82) is 0 Å². The first-order valence-corrected chi connectivity index (χ1v) is 7.91. The zero-order chi connectivity index (χ0) is 16.3. The third kappa shape index (κ3) is 3.87. The van der Waals surface area contributed by atoms with Crippen LogP contribution in [0.15, 0.2) is 24.3 Å². The molecule has 1 aromatic carbocycles. The SMILES string of the molecule is CC(C)(C)c1ccc(CCC(=O)N2CCCC2C(=O)O)cc1. The van der Waals surface area contributed by atoms with Crippen LogP contribution in [0.5, 0.6) is 0 Å². The van der Waals surface area contributed by atoms with Crippen molar-refractivity contribution in [3.05, 3.63) is 35.4 Å². The Morgan fingerprint density at radius 3 is 2.41 bits per heavy atom. The largest absolute Gasteiger partial charge is 0.480 e. The second-order valence-corrected chi connectivity index (χ2v) is 7.03. The minimum atomic E-state index is -0.889. The van der Waals surface area contributed by atoms with E-state index in [1.165, 1.54) is 10.5 Å². The second kappa shape index (κ2) is 6.51. The molecule has 1 fully saturated rings. The van der Waals surface area contributed by atoms with Crippen LogP contribution in [0.1, 0.15) is 51.2 Å². The fourth-order valence-electron chi connectivity index (χ4n) is 2.89. The van der Waals surface area contributed by atoms with E-state index in [4.69, 9.17) is 5.11 Å². The Kier molecular flexibility index (Phi) is 4.89. The first-order chi connectivity index (χ1) is 10.3. The number of carbonyl (C=O) groups is 2. The predicted molar refractivity (Wildman–Crippen MR) is 85.8 cm³/mol. The molecule has 0 bridgehead atoms. The number of benzene rings is 1. The Labute approximate surface area is 132 Å². The van der Waals surface area contributed by atoms with E-state index in [2.05, 4.69) is 45.0 Å². The van der Waals surface area contributed by atoms with Gasteiger partial charge in [-0.3, -0.25) is 4.79 Å². The Morgan fingerprint density at radius 2 is 1.86 bits per heavy atom. The summed E-state index contributed by atoms with van der Waals surface area (Å²) >= 11 is 0. The van der Waals surface area contributed by atoms with Crippen molar-refractivity contribution in [3.63, 3.8) is 0 Å². The van der Waals surface area contributed by atoms with E-state index in [0.29, 0.717) is 25.8 Å². The number of aryl methyl sites for hydroxylation is 1. The molecule has 0 spiro atoms. The summed E-state index contributed by atoms with van der Waals surface area (Å²) in [6.45, 7) is 7.08. The molecule has 120 valence electrons. The lowest BCUT2D eigenvalue weighted by Crippen LogP contribution is -2.40.